The van der Waals surface area contributed by atoms with Crippen LogP contribution in [0.3, 0.4) is 0 Å². The summed E-state index contributed by atoms with van der Waals surface area (Å²) in [6.07, 6.45) is 6.14. The van der Waals surface area contributed by atoms with Gasteiger partial charge in [0.1, 0.15) is 6.61 Å². The summed E-state index contributed by atoms with van der Waals surface area (Å²) in [6.45, 7) is 1.28. The molecule has 7 nitrogen and oxygen atoms in total. The summed E-state index contributed by atoms with van der Waals surface area (Å²) in [5.41, 5.74) is 0. The Kier molecular flexibility index (Phi) is 5.99. The average molecular weight is 405 g/mol. The van der Waals surface area contributed by atoms with Crippen LogP contribution in [0.5, 0.6) is 5.75 Å². The van der Waals surface area contributed by atoms with Gasteiger partial charge in [0.2, 0.25) is 5.16 Å². The van der Waals surface area contributed by atoms with Crippen LogP contribution in [-0.4, -0.2) is 39.7 Å². The molecule has 1 aromatic carbocycles. The number of nitrogens with zero attached hydrogens (tertiary/aromatic N) is 4. The first-order valence-corrected chi connectivity index (χ1v) is 10.7. The minimum absolute atomic E-state index is 0.0287. The number of ether oxygens (including phenoxy) is 1. The van der Waals surface area contributed by atoms with Crippen LogP contribution >= 0.6 is 11.8 Å². The lowest BCUT2D eigenvalue weighted by molar-refractivity contribution is 0.232. The van der Waals surface area contributed by atoms with Crippen molar-refractivity contribution >= 4 is 17.8 Å². The van der Waals surface area contributed by atoms with Gasteiger partial charge < -0.3 is 10.1 Å². The van der Waals surface area contributed by atoms with Crippen molar-refractivity contribution in [3.8, 4) is 5.75 Å². The molecule has 1 aliphatic heterocycles. The number of fused-ring (bicyclic) bond motifs is 1. The van der Waals surface area contributed by atoms with Crippen LogP contribution in [-0.2, 0) is 6.61 Å². The summed E-state index contributed by atoms with van der Waals surface area (Å²) in [5.74, 6) is 1.50. The highest BCUT2D eigenvalue weighted by Crippen LogP contribution is 2.25. The van der Waals surface area contributed by atoms with E-state index in [1.807, 2.05) is 0 Å². The number of aromatic nitrogens is 3. The Morgan fingerprint density at radius 1 is 1.25 bits per heavy atom. The molecule has 2 amide bonds. The van der Waals surface area contributed by atoms with Crippen molar-refractivity contribution in [1.29, 1.82) is 0 Å². The zero-order valence-corrected chi connectivity index (χ0v) is 16.5. The number of carbonyl (C=O) groups excluding carboxylic acids is 1. The van der Waals surface area contributed by atoms with Crippen LogP contribution in [0, 0.1) is 11.7 Å². The molecular formula is C19H24FN5O2S. The van der Waals surface area contributed by atoms with Crippen LogP contribution in [0.4, 0.5) is 9.18 Å². The molecule has 0 radical (unpaired) electrons. The number of urea groups is 1. The van der Waals surface area contributed by atoms with Gasteiger partial charge in [0.05, 0.1) is 6.54 Å². The Morgan fingerprint density at radius 2 is 2.07 bits per heavy atom. The molecule has 2 aliphatic rings. The fraction of sp³-hybridized carbons (Fsp3) is 0.526. The molecule has 1 N–H and O–H groups in total. The number of nitrogens with one attached hydrogen (secondary N) is 1. The number of carbonyl (C=O) groups is 1. The first-order chi connectivity index (χ1) is 13.7. The number of halogens is 1. The number of benzene rings is 1. The molecule has 2 aromatic rings. The minimum atomic E-state index is -0.433. The highest BCUT2D eigenvalue weighted by atomic mass is 32.2. The molecule has 9 heteroatoms. The van der Waals surface area contributed by atoms with Crippen LogP contribution < -0.4 is 15.1 Å². The van der Waals surface area contributed by atoms with Gasteiger partial charge in [0.15, 0.2) is 17.4 Å². The highest BCUT2D eigenvalue weighted by Gasteiger charge is 2.28. The molecule has 1 saturated carbocycles. The number of hydrogen-bond acceptors (Lipinski definition) is 5. The van der Waals surface area contributed by atoms with E-state index in [9.17, 15) is 9.18 Å². The second-order valence-corrected chi connectivity index (χ2v) is 8.15. The predicted molar refractivity (Wildman–Crippen MR) is 105 cm³/mol. The van der Waals surface area contributed by atoms with E-state index in [-0.39, 0.29) is 18.4 Å². The maximum atomic E-state index is 13.8. The molecule has 0 spiro atoms. The summed E-state index contributed by atoms with van der Waals surface area (Å²) in [7, 11) is 0. The summed E-state index contributed by atoms with van der Waals surface area (Å²) in [4.78, 5) is 12.8. The largest absolute Gasteiger partial charge is 0.482 e. The fourth-order valence-electron chi connectivity index (χ4n) is 3.65. The first kappa shape index (κ1) is 19.0. The van der Waals surface area contributed by atoms with Gasteiger partial charge in [-0.05, 0) is 30.9 Å². The minimum Gasteiger partial charge on any atom is -0.482 e. The van der Waals surface area contributed by atoms with Crippen molar-refractivity contribution in [2.24, 2.45) is 5.92 Å². The molecule has 150 valence electrons. The van der Waals surface area contributed by atoms with Crippen molar-refractivity contribution in [3.63, 3.8) is 0 Å². The van der Waals surface area contributed by atoms with E-state index in [1.54, 1.807) is 27.9 Å². The molecule has 1 fully saturated rings. The van der Waals surface area contributed by atoms with Crippen LogP contribution in [0.2, 0.25) is 0 Å². The van der Waals surface area contributed by atoms with Gasteiger partial charge in [-0.15, -0.1) is 10.2 Å². The van der Waals surface area contributed by atoms with Crippen molar-refractivity contribution in [2.75, 3.05) is 23.9 Å². The molecule has 0 saturated heterocycles. The molecule has 1 aliphatic carbocycles. The van der Waals surface area contributed by atoms with E-state index in [2.05, 4.69) is 15.5 Å². The number of amides is 2. The van der Waals surface area contributed by atoms with Gasteiger partial charge in [-0.25, -0.2) is 18.9 Å². The third kappa shape index (κ3) is 4.24. The van der Waals surface area contributed by atoms with Gasteiger partial charge in [-0.1, -0.05) is 43.2 Å². The molecule has 1 aromatic heterocycles. The summed E-state index contributed by atoms with van der Waals surface area (Å²) in [5, 5.41) is 13.6. The Hall–Kier alpha value is -2.29. The Labute approximate surface area is 167 Å². The predicted octanol–water partition coefficient (Wildman–Crippen LogP) is 3.33. The van der Waals surface area contributed by atoms with Gasteiger partial charge in [0, 0.05) is 12.3 Å². The van der Waals surface area contributed by atoms with E-state index in [0.29, 0.717) is 30.0 Å². The number of para-hydroxylation sites is 1. The van der Waals surface area contributed by atoms with E-state index in [4.69, 9.17) is 4.74 Å². The quantitative estimate of drug-likeness (QED) is 0.826. The van der Waals surface area contributed by atoms with Crippen LogP contribution in [0.1, 0.15) is 37.9 Å². The number of rotatable bonds is 5. The topological polar surface area (TPSA) is 72.3 Å². The Bertz CT molecular complexity index is 824. The fourth-order valence-corrected chi connectivity index (χ4v) is 4.52. The standard InChI is InChI=1S/C19H24FN5O2S/c20-15-8-4-5-9-16(15)27-13-17-22-23-19-25(17)24(10-11-28-19)18(26)21-12-14-6-2-1-3-7-14/h4-5,8-9,14H,1-3,6-7,10-13H2,(H,21,26). The zero-order chi connectivity index (χ0) is 19.3. The molecule has 0 atom stereocenters. The zero-order valence-electron chi connectivity index (χ0n) is 15.6. The lowest BCUT2D eigenvalue weighted by Gasteiger charge is -2.30. The average Bonchev–Trinajstić information content (AvgIpc) is 3.15. The Morgan fingerprint density at radius 3 is 2.89 bits per heavy atom. The highest BCUT2D eigenvalue weighted by molar-refractivity contribution is 7.99. The third-order valence-electron chi connectivity index (χ3n) is 5.15. The summed E-state index contributed by atoms with van der Waals surface area (Å²) in [6, 6.07) is 6.07. The second kappa shape index (κ2) is 8.81. The SMILES string of the molecule is O=C(NCC1CCCCC1)N1CCSc2nnc(COc3ccccc3F)n21. The molecule has 28 heavy (non-hydrogen) atoms. The van der Waals surface area contributed by atoms with E-state index in [0.717, 1.165) is 5.75 Å². The molecule has 0 unspecified atom stereocenters. The van der Waals surface area contributed by atoms with E-state index < -0.39 is 5.82 Å². The number of hydrogen-bond donors (Lipinski definition) is 1. The van der Waals surface area contributed by atoms with Crippen molar-refractivity contribution in [1.82, 2.24) is 20.2 Å². The number of thioether (sulfide) groups is 1. The van der Waals surface area contributed by atoms with Gasteiger partial charge in [-0.2, -0.15) is 0 Å². The van der Waals surface area contributed by atoms with Crippen molar-refractivity contribution in [3.05, 3.63) is 35.9 Å². The van der Waals surface area contributed by atoms with Crippen molar-refractivity contribution < 1.29 is 13.9 Å². The molecule has 0 bridgehead atoms. The molecule has 4 rings (SSSR count). The monoisotopic (exact) mass is 405 g/mol. The van der Waals surface area contributed by atoms with Gasteiger partial charge in [0.25, 0.3) is 0 Å². The van der Waals surface area contributed by atoms with E-state index >= 15 is 0 Å². The van der Waals surface area contributed by atoms with Crippen LogP contribution in [0.25, 0.3) is 0 Å². The maximum Gasteiger partial charge on any atom is 0.336 e. The second-order valence-electron chi connectivity index (χ2n) is 7.09. The third-order valence-corrected chi connectivity index (χ3v) is 6.05. The summed E-state index contributed by atoms with van der Waals surface area (Å²) >= 11 is 1.54. The van der Waals surface area contributed by atoms with Gasteiger partial charge >= 0.3 is 6.03 Å². The smallest absolute Gasteiger partial charge is 0.336 e. The van der Waals surface area contributed by atoms with Crippen molar-refractivity contribution in [2.45, 2.75) is 43.9 Å². The van der Waals surface area contributed by atoms with Crippen LogP contribution in [0.15, 0.2) is 29.4 Å². The molecular weight excluding hydrogens is 381 g/mol. The van der Waals surface area contributed by atoms with E-state index in [1.165, 1.54) is 49.9 Å². The molecule has 2 heterocycles. The normalized spacial score (nSPS) is 17.2. The van der Waals surface area contributed by atoms with Gasteiger partial charge in [-0.3, -0.25) is 0 Å². The Balaban J connectivity index is 1.43. The summed E-state index contributed by atoms with van der Waals surface area (Å²) < 4.78 is 21.0. The first-order valence-electron chi connectivity index (χ1n) is 9.72. The lowest BCUT2D eigenvalue weighted by atomic mass is 9.89. The lowest BCUT2D eigenvalue weighted by Crippen LogP contribution is -2.51. The maximum absolute atomic E-state index is 13.8.